The first-order valence-electron chi connectivity index (χ1n) is 9.19. The van der Waals surface area contributed by atoms with Gasteiger partial charge in [-0.05, 0) is 55.8 Å². The van der Waals surface area contributed by atoms with Crippen molar-refractivity contribution in [3.8, 4) is 5.75 Å². The number of aromatic nitrogens is 3. The van der Waals surface area contributed by atoms with Crippen molar-refractivity contribution in [3.05, 3.63) is 64.4 Å². The van der Waals surface area contributed by atoms with Gasteiger partial charge in [0.25, 0.3) is 0 Å². The van der Waals surface area contributed by atoms with Gasteiger partial charge in [-0.3, -0.25) is 4.79 Å². The number of benzene rings is 2. The Balaban J connectivity index is 1.62. The number of halogens is 1. The van der Waals surface area contributed by atoms with Crippen molar-refractivity contribution in [2.75, 3.05) is 17.3 Å². The summed E-state index contributed by atoms with van der Waals surface area (Å²) in [4.78, 5) is 13.2. The summed E-state index contributed by atoms with van der Waals surface area (Å²) < 4.78 is 8.33. The number of thioether (sulfide) groups is 1. The Hall–Kier alpha value is -2.52. The van der Waals surface area contributed by atoms with Crippen LogP contribution in [0.2, 0.25) is 0 Å². The molecule has 0 saturated carbocycles. The molecule has 150 valence electrons. The fourth-order valence-corrected chi connectivity index (χ4v) is 4.48. The van der Waals surface area contributed by atoms with Crippen LogP contribution < -0.4 is 15.5 Å². The molecule has 2 atom stereocenters. The summed E-state index contributed by atoms with van der Waals surface area (Å²) in [6.07, 6.45) is 0. The summed E-state index contributed by atoms with van der Waals surface area (Å²) in [7, 11) is 0. The number of rotatable bonds is 5. The van der Waals surface area contributed by atoms with E-state index in [4.69, 9.17) is 4.74 Å². The van der Waals surface area contributed by atoms with E-state index in [0.717, 1.165) is 27.3 Å². The van der Waals surface area contributed by atoms with Gasteiger partial charge in [-0.15, -0.1) is 10.2 Å². The lowest BCUT2D eigenvalue weighted by Gasteiger charge is -2.32. The minimum Gasteiger partial charge on any atom is -0.494 e. The molecule has 0 bridgehead atoms. The topological polar surface area (TPSA) is 81.1 Å². The quantitative estimate of drug-likeness (QED) is 0.579. The molecule has 1 aliphatic rings. The maximum atomic E-state index is 13.2. The monoisotopic (exact) mass is 473 g/mol. The summed E-state index contributed by atoms with van der Waals surface area (Å²) >= 11 is 4.81. The third-order valence-corrected chi connectivity index (χ3v) is 6.26. The van der Waals surface area contributed by atoms with E-state index in [1.54, 1.807) is 0 Å². The first-order valence-corrected chi connectivity index (χ1v) is 10.9. The molecule has 2 heterocycles. The number of hydrogen-bond acceptors (Lipinski definition) is 6. The van der Waals surface area contributed by atoms with E-state index in [2.05, 4.69) is 36.9 Å². The molecule has 9 heteroatoms. The predicted octanol–water partition coefficient (Wildman–Crippen LogP) is 4.15. The fraction of sp³-hybridized carbons (Fsp3) is 0.250. The van der Waals surface area contributed by atoms with Gasteiger partial charge in [0.2, 0.25) is 11.1 Å². The Labute approximate surface area is 181 Å². The molecule has 29 heavy (non-hydrogen) atoms. The normalized spacial score (nSPS) is 17.9. The number of fused-ring (bicyclic) bond motifs is 1. The van der Waals surface area contributed by atoms with E-state index in [1.165, 1.54) is 11.8 Å². The summed E-state index contributed by atoms with van der Waals surface area (Å²) in [5.74, 6) is 1.45. The highest BCUT2D eigenvalue weighted by molar-refractivity contribution is 9.10. The van der Waals surface area contributed by atoms with Gasteiger partial charge in [-0.1, -0.05) is 39.8 Å². The molecule has 3 aromatic rings. The number of carbonyl (C=O) groups excluding carboxylic acids is 1. The van der Waals surface area contributed by atoms with Crippen LogP contribution in [-0.2, 0) is 4.79 Å². The zero-order valence-corrected chi connectivity index (χ0v) is 18.3. The van der Waals surface area contributed by atoms with Crippen LogP contribution in [0.4, 0.5) is 5.69 Å². The molecule has 0 fully saturated rings. The van der Waals surface area contributed by atoms with Crippen molar-refractivity contribution in [2.45, 2.75) is 30.3 Å². The Morgan fingerprint density at radius 3 is 2.62 bits per heavy atom. The number of anilines is 1. The van der Waals surface area contributed by atoms with Crippen LogP contribution in [0.1, 0.15) is 24.4 Å². The van der Waals surface area contributed by atoms with E-state index >= 15 is 0 Å². The minimum atomic E-state index is -0.423. The van der Waals surface area contributed by atoms with Crippen molar-refractivity contribution < 1.29 is 9.53 Å². The number of hydrogen-bond donors (Lipinski definition) is 2. The Morgan fingerprint density at radius 2 is 1.93 bits per heavy atom. The zero-order chi connectivity index (χ0) is 20.4. The molecule has 2 N–H and O–H groups in total. The van der Waals surface area contributed by atoms with Gasteiger partial charge in [-0.25, -0.2) is 4.68 Å². The number of ether oxygens (including phenoxy) is 1. The first kappa shape index (κ1) is 19.8. The number of carbonyl (C=O) groups is 1. The highest BCUT2D eigenvalue weighted by Gasteiger charge is 2.37. The second-order valence-electron chi connectivity index (χ2n) is 6.51. The lowest BCUT2D eigenvalue weighted by molar-refractivity contribution is -0.116. The minimum absolute atomic E-state index is 0.101. The Morgan fingerprint density at radius 1 is 1.21 bits per heavy atom. The second kappa shape index (κ2) is 8.46. The van der Waals surface area contributed by atoms with E-state index in [0.29, 0.717) is 11.8 Å². The van der Waals surface area contributed by atoms with Crippen LogP contribution in [0, 0.1) is 6.92 Å². The van der Waals surface area contributed by atoms with Crippen LogP contribution in [0.25, 0.3) is 0 Å². The molecule has 1 aliphatic heterocycles. The lowest BCUT2D eigenvalue weighted by Crippen LogP contribution is -2.41. The molecule has 1 aromatic heterocycles. The first-order chi connectivity index (χ1) is 14.0. The molecule has 0 spiro atoms. The Bertz CT molecular complexity index is 1010. The largest absolute Gasteiger partial charge is 0.494 e. The fourth-order valence-electron chi connectivity index (χ4n) is 3.10. The molecule has 1 amide bonds. The summed E-state index contributed by atoms with van der Waals surface area (Å²) in [6.45, 7) is 4.44. The van der Waals surface area contributed by atoms with Gasteiger partial charge in [0.15, 0.2) is 0 Å². The number of nitrogens with one attached hydrogen (secondary N) is 2. The van der Waals surface area contributed by atoms with E-state index in [-0.39, 0.29) is 11.9 Å². The van der Waals surface area contributed by atoms with Crippen molar-refractivity contribution in [1.82, 2.24) is 14.9 Å². The molecule has 0 saturated heterocycles. The molecular formula is C20H20BrN5O2S. The van der Waals surface area contributed by atoms with Crippen molar-refractivity contribution in [3.63, 3.8) is 0 Å². The van der Waals surface area contributed by atoms with Crippen molar-refractivity contribution >= 4 is 39.3 Å². The van der Waals surface area contributed by atoms with E-state index < -0.39 is 5.25 Å². The number of aryl methyl sites for hydroxylation is 1. The third kappa shape index (κ3) is 4.25. The Kier molecular flexibility index (Phi) is 5.77. The summed E-state index contributed by atoms with van der Waals surface area (Å²) in [6, 6.07) is 15.1. The number of amides is 1. The predicted molar refractivity (Wildman–Crippen MR) is 117 cm³/mol. The van der Waals surface area contributed by atoms with Crippen LogP contribution in [0.5, 0.6) is 5.75 Å². The van der Waals surface area contributed by atoms with Crippen molar-refractivity contribution in [1.29, 1.82) is 0 Å². The maximum absolute atomic E-state index is 13.2. The van der Waals surface area contributed by atoms with Gasteiger partial charge in [0.1, 0.15) is 16.8 Å². The molecule has 2 aromatic carbocycles. The zero-order valence-electron chi connectivity index (χ0n) is 15.9. The standard InChI is InChI=1S/C20H20BrN5O2S/c1-3-28-16-10-4-13(5-11-16)17-18(29-20-24-23-12(2)26(20)25-17)19(27)22-15-8-6-14(21)7-9-15/h4-11,17-18,25H,3H2,1-2H3,(H,22,27)/t17-,18+/m1/s1. The third-order valence-electron chi connectivity index (χ3n) is 4.52. The molecular weight excluding hydrogens is 454 g/mol. The van der Waals surface area contributed by atoms with Crippen LogP contribution >= 0.6 is 27.7 Å². The molecule has 7 nitrogen and oxygen atoms in total. The maximum Gasteiger partial charge on any atom is 0.240 e. The second-order valence-corrected chi connectivity index (χ2v) is 8.53. The van der Waals surface area contributed by atoms with E-state index in [1.807, 2.05) is 67.1 Å². The van der Waals surface area contributed by atoms with Crippen LogP contribution in [0.15, 0.2) is 58.2 Å². The molecule has 0 radical (unpaired) electrons. The average Bonchev–Trinajstić information content (AvgIpc) is 3.10. The summed E-state index contributed by atoms with van der Waals surface area (Å²) in [5, 5.41) is 11.6. The van der Waals surface area contributed by atoms with Crippen LogP contribution in [-0.4, -0.2) is 32.6 Å². The van der Waals surface area contributed by atoms with Crippen LogP contribution in [0.3, 0.4) is 0 Å². The smallest absolute Gasteiger partial charge is 0.240 e. The van der Waals surface area contributed by atoms with Crippen molar-refractivity contribution in [2.24, 2.45) is 0 Å². The lowest BCUT2D eigenvalue weighted by atomic mass is 10.0. The van der Waals surface area contributed by atoms with Gasteiger partial charge in [-0.2, -0.15) is 0 Å². The summed E-state index contributed by atoms with van der Waals surface area (Å²) in [5.41, 5.74) is 5.13. The van der Waals surface area contributed by atoms with Gasteiger partial charge < -0.3 is 15.5 Å². The highest BCUT2D eigenvalue weighted by atomic mass is 79.9. The van der Waals surface area contributed by atoms with Gasteiger partial charge >= 0.3 is 0 Å². The molecule has 0 unspecified atom stereocenters. The van der Waals surface area contributed by atoms with E-state index in [9.17, 15) is 4.79 Å². The van der Waals surface area contributed by atoms with Gasteiger partial charge in [0, 0.05) is 10.2 Å². The SMILES string of the molecule is CCOc1ccc([C@H]2Nn3c(C)nnc3S[C@@H]2C(=O)Nc2ccc(Br)cc2)cc1. The highest BCUT2D eigenvalue weighted by Crippen LogP contribution is 2.38. The molecule has 4 rings (SSSR count). The van der Waals surface area contributed by atoms with Gasteiger partial charge in [0.05, 0.1) is 12.6 Å². The average molecular weight is 474 g/mol. The molecule has 0 aliphatic carbocycles. The number of nitrogens with zero attached hydrogens (tertiary/aromatic N) is 3.